The number of aliphatic hydroxyl groups is 1. The second-order valence-electron chi connectivity index (χ2n) is 9.12. The largest absolute Gasteiger partial charge is 0.493 e. The van der Waals surface area contributed by atoms with Crippen molar-refractivity contribution in [2.45, 2.75) is 40.2 Å². The van der Waals surface area contributed by atoms with Crippen molar-refractivity contribution in [1.82, 2.24) is 9.88 Å². The number of carbonyl (C=O) groups is 1. The van der Waals surface area contributed by atoms with Crippen molar-refractivity contribution in [1.29, 1.82) is 0 Å². The number of aromatic nitrogens is 1. The van der Waals surface area contributed by atoms with Gasteiger partial charge in [0.25, 0.3) is 6.41 Å². The molecule has 0 radical (unpaired) electrons. The van der Waals surface area contributed by atoms with Crippen LogP contribution in [-0.4, -0.2) is 45.6 Å². The first-order chi connectivity index (χ1) is 18.3. The molecule has 4 aromatic rings. The highest BCUT2D eigenvalue weighted by atomic mass is 16.6. The maximum atomic E-state index is 11.5. The first-order valence-electron chi connectivity index (χ1n) is 12.4. The number of hydrogen-bond donors (Lipinski definition) is 2. The van der Waals surface area contributed by atoms with Crippen molar-refractivity contribution in [2.24, 2.45) is 0 Å². The molecular formula is C30H32N2O6. The van der Waals surface area contributed by atoms with Gasteiger partial charge in [-0.1, -0.05) is 36.4 Å². The van der Waals surface area contributed by atoms with Gasteiger partial charge in [-0.15, -0.1) is 0 Å². The Hall–Kier alpha value is -4.14. The molecule has 0 aliphatic carbocycles. The minimum atomic E-state index is -1.44. The zero-order valence-electron chi connectivity index (χ0n) is 21.8. The Morgan fingerprint density at radius 2 is 1.76 bits per heavy atom. The van der Waals surface area contributed by atoms with Gasteiger partial charge in [0.2, 0.25) is 5.89 Å². The average molecular weight is 517 g/mol. The predicted molar refractivity (Wildman–Crippen MR) is 143 cm³/mol. The predicted octanol–water partition coefficient (Wildman–Crippen LogP) is 5.13. The smallest absolute Gasteiger partial charge is 0.317 e. The van der Waals surface area contributed by atoms with Crippen LogP contribution >= 0.6 is 0 Å². The lowest BCUT2D eigenvalue weighted by Crippen LogP contribution is -2.42. The Labute approximate surface area is 222 Å². The zero-order chi connectivity index (χ0) is 27.1. The monoisotopic (exact) mass is 516 g/mol. The highest BCUT2D eigenvalue weighted by molar-refractivity contribution is 5.69. The van der Waals surface area contributed by atoms with E-state index in [1.54, 1.807) is 6.07 Å². The fraction of sp³-hybridized carbons (Fsp3) is 0.267. The van der Waals surface area contributed by atoms with E-state index in [2.05, 4.69) is 4.98 Å². The third-order valence-corrected chi connectivity index (χ3v) is 6.18. The number of aliphatic hydroxyl groups excluding tert-OH is 1. The topological polar surface area (TPSA) is 105 Å². The molecule has 0 saturated carbocycles. The van der Waals surface area contributed by atoms with Gasteiger partial charge in [-0.2, -0.15) is 0 Å². The molecule has 1 atom stereocenters. The summed E-state index contributed by atoms with van der Waals surface area (Å²) in [5, 5.41) is 20.1. The molecule has 1 heterocycles. The number of nitrogens with zero attached hydrogens (tertiary/aromatic N) is 2. The number of carboxylic acids is 1. The van der Waals surface area contributed by atoms with Gasteiger partial charge < -0.3 is 24.1 Å². The molecule has 38 heavy (non-hydrogen) atoms. The lowest BCUT2D eigenvalue weighted by molar-refractivity contribution is -0.161. The molecule has 0 aliphatic rings. The number of rotatable bonds is 12. The molecule has 0 bridgehead atoms. The molecule has 4 rings (SSSR count). The van der Waals surface area contributed by atoms with Crippen LogP contribution in [0.15, 0.2) is 77.2 Å². The van der Waals surface area contributed by atoms with Crippen molar-refractivity contribution in [3.05, 3.63) is 101 Å². The molecule has 0 aliphatic heterocycles. The van der Waals surface area contributed by atoms with E-state index in [0.717, 1.165) is 33.7 Å². The lowest BCUT2D eigenvalue weighted by atomic mass is 10.1. The van der Waals surface area contributed by atoms with Crippen LogP contribution in [0.25, 0.3) is 11.5 Å². The van der Waals surface area contributed by atoms with Gasteiger partial charge in [0, 0.05) is 18.5 Å². The third kappa shape index (κ3) is 7.21. The van der Waals surface area contributed by atoms with E-state index in [0.29, 0.717) is 30.4 Å². The van der Waals surface area contributed by atoms with Gasteiger partial charge in [0.05, 0.1) is 12.3 Å². The van der Waals surface area contributed by atoms with E-state index in [1.807, 2.05) is 87.5 Å². The quantitative estimate of drug-likeness (QED) is 0.250. The fourth-order valence-electron chi connectivity index (χ4n) is 3.97. The van der Waals surface area contributed by atoms with Crippen molar-refractivity contribution in [2.75, 3.05) is 13.2 Å². The Morgan fingerprint density at radius 3 is 2.50 bits per heavy atom. The summed E-state index contributed by atoms with van der Waals surface area (Å²) in [5.41, 5.74) is 4.64. The molecular weight excluding hydrogens is 484 g/mol. The highest BCUT2D eigenvalue weighted by Gasteiger charge is 2.21. The van der Waals surface area contributed by atoms with Crippen LogP contribution < -0.4 is 9.47 Å². The van der Waals surface area contributed by atoms with Gasteiger partial charge in [0.15, 0.2) is 0 Å². The summed E-state index contributed by atoms with van der Waals surface area (Å²) >= 11 is 0. The molecule has 198 valence electrons. The first-order valence-corrected chi connectivity index (χ1v) is 12.4. The van der Waals surface area contributed by atoms with Gasteiger partial charge in [-0.25, -0.2) is 9.88 Å². The third-order valence-electron chi connectivity index (χ3n) is 6.18. The molecule has 1 aromatic heterocycles. The Kier molecular flexibility index (Phi) is 8.78. The van der Waals surface area contributed by atoms with Crippen LogP contribution in [0.5, 0.6) is 11.5 Å². The van der Waals surface area contributed by atoms with Crippen LogP contribution in [0.4, 0.5) is 0 Å². The number of aryl methyl sites for hydroxylation is 3. The fourth-order valence-corrected chi connectivity index (χ4v) is 3.97. The summed E-state index contributed by atoms with van der Waals surface area (Å²) in [6, 6.07) is 22.5. The van der Waals surface area contributed by atoms with Gasteiger partial charge in [-0.05, 0) is 73.9 Å². The van der Waals surface area contributed by atoms with Crippen molar-refractivity contribution in [3.8, 4) is 23.0 Å². The second-order valence-corrected chi connectivity index (χ2v) is 9.12. The van der Waals surface area contributed by atoms with E-state index in [9.17, 15) is 15.0 Å². The minimum absolute atomic E-state index is 0.151. The number of benzene rings is 3. The standard InChI is InChI=1S/C30H32N2O6/c1-20-12-13-26(16-21(20)2)38-30(35)32(19-28(33)34)18-23-8-7-11-25(17-23)36-15-14-27-22(3)37-29(31-27)24-9-5-4-6-10-24/h4-13,16-17,30,35H,14-15,18-19H2,1-3H3,(H,33,34). The maximum absolute atomic E-state index is 11.5. The zero-order valence-corrected chi connectivity index (χ0v) is 21.8. The van der Waals surface area contributed by atoms with E-state index >= 15 is 0 Å². The minimum Gasteiger partial charge on any atom is -0.493 e. The van der Waals surface area contributed by atoms with Crippen LogP contribution in [0.3, 0.4) is 0 Å². The summed E-state index contributed by atoms with van der Waals surface area (Å²) < 4.78 is 17.4. The number of ether oxygens (including phenoxy) is 2. The lowest BCUT2D eigenvalue weighted by Gasteiger charge is -2.26. The summed E-state index contributed by atoms with van der Waals surface area (Å²) in [5.74, 6) is 1.36. The van der Waals surface area contributed by atoms with E-state index < -0.39 is 18.9 Å². The van der Waals surface area contributed by atoms with Crippen LogP contribution in [0, 0.1) is 20.8 Å². The number of aliphatic carboxylic acids is 1. The van der Waals surface area contributed by atoms with E-state index in [1.165, 1.54) is 4.90 Å². The Morgan fingerprint density at radius 1 is 0.974 bits per heavy atom. The van der Waals surface area contributed by atoms with Crippen LogP contribution in [0.2, 0.25) is 0 Å². The average Bonchev–Trinajstić information content (AvgIpc) is 3.26. The van der Waals surface area contributed by atoms with Gasteiger partial charge >= 0.3 is 5.97 Å². The maximum Gasteiger partial charge on any atom is 0.317 e. The van der Waals surface area contributed by atoms with E-state index in [-0.39, 0.29) is 6.54 Å². The SMILES string of the molecule is Cc1ccc(OC(O)N(CC(=O)O)Cc2cccc(OCCc3nc(-c4ccccc4)oc3C)c2)cc1C. The summed E-state index contributed by atoms with van der Waals surface area (Å²) in [4.78, 5) is 17.4. The summed E-state index contributed by atoms with van der Waals surface area (Å²) in [6.45, 7) is 5.96. The number of carboxylic acid groups (broad SMARTS) is 1. The van der Waals surface area contributed by atoms with Gasteiger partial charge in [-0.3, -0.25) is 4.79 Å². The molecule has 3 aromatic carbocycles. The molecule has 0 spiro atoms. The normalized spacial score (nSPS) is 11.9. The molecule has 0 saturated heterocycles. The van der Waals surface area contributed by atoms with Crippen molar-refractivity contribution in [3.63, 3.8) is 0 Å². The second kappa shape index (κ2) is 12.4. The highest BCUT2D eigenvalue weighted by Crippen LogP contribution is 2.23. The Bertz CT molecular complexity index is 1370. The molecule has 8 nitrogen and oxygen atoms in total. The van der Waals surface area contributed by atoms with Gasteiger partial charge in [0.1, 0.15) is 23.8 Å². The molecule has 8 heteroatoms. The van der Waals surface area contributed by atoms with Crippen LogP contribution in [0.1, 0.15) is 28.1 Å². The summed E-state index contributed by atoms with van der Waals surface area (Å²) in [6.07, 6.45) is -0.869. The number of hydrogen-bond acceptors (Lipinski definition) is 7. The first kappa shape index (κ1) is 26.9. The molecule has 0 fully saturated rings. The van der Waals surface area contributed by atoms with E-state index in [4.69, 9.17) is 13.9 Å². The molecule has 2 N–H and O–H groups in total. The molecule has 1 unspecified atom stereocenters. The van der Waals surface area contributed by atoms with Crippen molar-refractivity contribution >= 4 is 5.97 Å². The van der Waals surface area contributed by atoms with Crippen molar-refractivity contribution < 1.29 is 28.9 Å². The van der Waals surface area contributed by atoms with Crippen LogP contribution in [-0.2, 0) is 17.8 Å². The summed E-state index contributed by atoms with van der Waals surface area (Å²) in [7, 11) is 0. The number of oxazole rings is 1. The molecule has 0 amide bonds. The Balaban J connectivity index is 1.37.